The van der Waals surface area contributed by atoms with Gasteiger partial charge in [0, 0.05) is 12.6 Å². The Bertz CT molecular complexity index is 138. The lowest BCUT2D eigenvalue weighted by Crippen LogP contribution is -2.45. The maximum absolute atomic E-state index is 10.6. The number of ketones is 1. The molecule has 0 heterocycles. The summed E-state index contributed by atoms with van der Waals surface area (Å²) in [5, 5.41) is 17.7. The van der Waals surface area contributed by atoms with E-state index in [1.165, 1.54) is 6.92 Å². The van der Waals surface area contributed by atoms with Crippen LogP contribution in [0.3, 0.4) is 0 Å². The molecule has 66 valence electrons. The quantitative estimate of drug-likeness (QED) is 0.488. The summed E-state index contributed by atoms with van der Waals surface area (Å²) in [4.78, 5) is 10.6. The van der Waals surface area contributed by atoms with E-state index < -0.39 is 12.1 Å². The maximum atomic E-state index is 10.6. The molecule has 4 heteroatoms. The van der Waals surface area contributed by atoms with Crippen molar-refractivity contribution in [2.24, 2.45) is 11.7 Å². The third-order valence-electron chi connectivity index (χ3n) is 1.73. The van der Waals surface area contributed by atoms with Crippen molar-refractivity contribution in [3.05, 3.63) is 0 Å². The lowest BCUT2D eigenvalue weighted by molar-refractivity contribution is -0.126. The van der Waals surface area contributed by atoms with Gasteiger partial charge in [-0.05, 0) is 12.8 Å². The molecule has 0 spiro atoms. The number of rotatable bonds is 4. The molecule has 0 rings (SSSR count). The van der Waals surface area contributed by atoms with Gasteiger partial charge in [-0.3, -0.25) is 4.79 Å². The van der Waals surface area contributed by atoms with Crippen molar-refractivity contribution >= 4 is 5.78 Å². The van der Waals surface area contributed by atoms with Crippen molar-refractivity contribution in [2.75, 3.05) is 6.61 Å². The highest BCUT2D eigenvalue weighted by molar-refractivity contribution is 5.80. The molecule has 11 heavy (non-hydrogen) atoms. The van der Waals surface area contributed by atoms with Gasteiger partial charge in [-0.1, -0.05) is 6.92 Å². The van der Waals surface area contributed by atoms with E-state index in [2.05, 4.69) is 0 Å². The topological polar surface area (TPSA) is 83.5 Å². The lowest BCUT2D eigenvalue weighted by atomic mass is 9.96. The highest BCUT2D eigenvalue weighted by Crippen LogP contribution is 2.04. The van der Waals surface area contributed by atoms with Gasteiger partial charge in [0.1, 0.15) is 6.10 Å². The summed E-state index contributed by atoms with van der Waals surface area (Å²) in [5.74, 6) is -0.619. The Morgan fingerprint density at radius 3 is 2.36 bits per heavy atom. The molecule has 0 amide bonds. The van der Waals surface area contributed by atoms with Crippen LogP contribution < -0.4 is 5.73 Å². The van der Waals surface area contributed by atoms with Gasteiger partial charge in [0.25, 0.3) is 0 Å². The fourth-order valence-electron chi connectivity index (χ4n) is 0.704. The summed E-state index contributed by atoms with van der Waals surface area (Å²) < 4.78 is 0. The lowest BCUT2D eigenvalue weighted by Gasteiger charge is -2.21. The van der Waals surface area contributed by atoms with Crippen molar-refractivity contribution in [3.63, 3.8) is 0 Å². The molecule has 0 saturated carbocycles. The number of aliphatic hydroxyl groups is 2. The molecule has 4 nitrogen and oxygen atoms in total. The van der Waals surface area contributed by atoms with Crippen LogP contribution in [0.25, 0.3) is 0 Å². The number of aliphatic hydroxyl groups excluding tert-OH is 2. The molecule has 0 aliphatic carbocycles. The van der Waals surface area contributed by atoms with E-state index >= 15 is 0 Å². The van der Waals surface area contributed by atoms with E-state index in [0.717, 1.165) is 0 Å². The molecule has 0 aromatic carbocycles. The van der Waals surface area contributed by atoms with E-state index in [4.69, 9.17) is 15.9 Å². The summed E-state index contributed by atoms with van der Waals surface area (Å²) >= 11 is 0. The zero-order valence-corrected chi connectivity index (χ0v) is 6.82. The number of carbonyl (C=O) groups excluding carboxylic acids is 1. The van der Waals surface area contributed by atoms with Crippen molar-refractivity contribution in [1.29, 1.82) is 0 Å². The highest BCUT2D eigenvalue weighted by Gasteiger charge is 2.23. The highest BCUT2D eigenvalue weighted by atomic mass is 16.3. The number of hydrogen-bond acceptors (Lipinski definition) is 4. The summed E-state index contributed by atoms with van der Waals surface area (Å²) in [7, 11) is 0. The summed E-state index contributed by atoms with van der Waals surface area (Å²) in [6, 6.07) is -0.669. The molecule has 0 aliphatic heterocycles. The van der Waals surface area contributed by atoms with Crippen molar-refractivity contribution in [2.45, 2.75) is 26.0 Å². The average Bonchev–Trinajstić information content (AvgIpc) is 2.00. The first-order valence-electron chi connectivity index (χ1n) is 3.55. The predicted molar refractivity (Wildman–Crippen MR) is 40.9 cm³/mol. The normalized spacial score (nSPS) is 19.0. The van der Waals surface area contributed by atoms with Gasteiger partial charge in [-0.25, -0.2) is 0 Å². The summed E-state index contributed by atoms with van der Waals surface area (Å²) in [6.07, 6.45) is -1.16. The van der Waals surface area contributed by atoms with Crippen LogP contribution in [0.4, 0.5) is 0 Å². The predicted octanol–water partition coefficient (Wildman–Crippen LogP) is -1.11. The number of carbonyl (C=O) groups is 1. The molecule has 0 fully saturated rings. The van der Waals surface area contributed by atoms with E-state index in [1.807, 2.05) is 0 Å². The van der Waals surface area contributed by atoms with Crippen LogP contribution in [-0.4, -0.2) is 34.7 Å². The zero-order valence-electron chi connectivity index (χ0n) is 6.82. The molecule has 2 unspecified atom stereocenters. The second kappa shape index (κ2) is 4.43. The van der Waals surface area contributed by atoms with Crippen LogP contribution in [0, 0.1) is 5.92 Å². The molecule has 0 aliphatic rings. The van der Waals surface area contributed by atoms with Crippen LogP contribution in [0.15, 0.2) is 0 Å². The van der Waals surface area contributed by atoms with Crippen molar-refractivity contribution in [3.8, 4) is 0 Å². The molecule has 0 saturated heterocycles. The van der Waals surface area contributed by atoms with Crippen LogP contribution in [0.5, 0.6) is 0 Å². The Morgan fingerprint density at radius 2 is 2.09 bits per heavy atom. The van der Waals surface area contributed by atoms with Gasteiger partial charge >= 0.3 is 0 Å². The van der Waals surface area contributed by atoms with E-state index in [1.54, 1.807) is 6.92 Å². The van der Waals surface area contributed by atoms with E-state index in [-0.39, 0.29) is 18.3 Å². The molecule has 0 aromatic heterocycles. The maximum Gasteiger partial charge on any atom is 0.159 e. The van der Waals surface area contributed by atoms with Gasteiger partial charge < -0.3 is 15.9 Å². The molecule has 0 bridgehead atoms. The van der Waals surface area contributed by atoms with Crippen LogP contribution in [-0.2, 0) is 4.79 Å². The molecule has 0 aromatic rings. The Kier molecular flexibility index (Phi) is 4.25. The second-order valence-electron chi connectivity index (χ2n) is 2.79. The number of Topliss-reactive ketones (excluding diaryl/α,β-unsaturated/α-hetero) is 1. The third kappa shape index (κ3) is 2.96. The summed E-state index contributed by atoms with van der Waals surface area (Å²) in [5.41, 5.74) is 5.44. The molecule has 0 radical (unpaired) electrons. The van der Waals surface area contributed by atoms with Crippen molar-refractivity contribution < 1.29 is 15.0 Å². The van der Waals surface area contributed by atoms with Gasteiger partial charge in [0.15, 0.2) is 5.78 Å². The van der Waals surface area contributed by atoms with Gasteiger partial charge in [0.2, 0.25) is 0 Å². The van der Waals surface area contributed by atoms with Gasteiger partial charge in [-0.15, -0.1) is 0 Å². The standard InChI is InChI=1S/C7H15NO3/c1-4(3-9)6(8)7(11)5(2)10/h4,6-7,9,11H,3,8H2,1-2H3/t4?,6?,7-/m1/s1. The first-order valence-corrected chi connectivity index (χ1v) is 3.55. The fraction of sp³-hybridized carbons (Fsp3) is 0.857. The minimum atomic E-state index is -1.16. The van der Waals surface area contributed by atoms with Gasteiger partial charge in [0.05, 0.1) is 0 Å². The van der Waals surface area contributed by atoms with Crippen LogP contribution in [0.1, 0.15) is 13.8 Å². The Hall–Kier alpha value is -0.450. The van der Waals surface area contributed by atoms with E-state index in [9.17, 15) is 4.79 Å². The zero-order chi connectivity index (χ0) is 9.02. The number of nitrogens with two attached hydrogens (primary N) is 1. The number of hydrogen-bond donors (Lipinski definition) is 3. The second-order valence-corrected chi connectivity index (χ2v) is 2.79. The average molecular weight is 161 g/mol. The van der Waals surface area contributed by atoms with Crippen molar-refractivity contribution in [1.82, 2.24) is 0 Å². The van der Waals surface area contributed by atoms with Crippen LogP contribution in [0.2, 0.25) is 0 Å². The molecular formula is C7H15NO3. The monoisotopic (exact) mass is 161 g/mol. The Morgan fingerprint density at radius 1 is 1.64 bits per heavy atom. The third-order valence-corrected chi connectivity index (χ3v) is 1.73. The largest absolute Gasteiger partial charge is 0.396 e. The first kappa shape index (κ1) is 10.6. The van der Waals surface area contributed by atoms with Gasteiger partial charge in [-0.2, -0.15) is 0 Å². The van der Waals surface area contributed by atoms with E-state index in [0.29, 0.717) is 0 Å². The summed E-state index contributed by atoms with van der Waals surface area (Å²) in [6.45, 7) is 2.83. The smallest absolute Gasteiger partial charge is 0.159 e. The Balaban J connectivity index is 4.00. The minimum Gasteiger partial charge on any atom is -0.396 e. The molecule has 3 atom stereocenters. The van der Waals surface area contributed by atoms with Crippen LogP contribution >= 0.6 is 0 Å². The first-order chi connectivity index (χ1) is 5.00. The molecular weight excluding hydrogens is 146 g/mol. The molecule has 4 N–H and O–H groups in total. The fourth-order valence-corrected chi connectivity index (χ4v) is 0.704. The SMILES string of the molecule is CC(=O)[C@@H](O)C(N)C(C)CO. The minimum absolute atomic E-state index is 0.120. The Labute approximate surface area is 66.0 Å².